The Morgan fingerprint density at radius 1 is 1.18 bits per heavy atom. The molecule has 0 unspecified atom stereocenters. The standard InChI is InChI=1S/C13H24N2O2/c1-3-12(16)14-6-4-13(2,5-7-14)15-8-10-17-11-9-15/h3-11H2,1-2H3. The maximum Gasteiger partial charge on any atom is 0.222 e. The van der Waals surface area contributed by atoms with E-state index in [0.29, 0.717) is 12.3 Å². The highest BCUT2D eigenvalue weighted by molar-refractivity contribution is 5.75. The van der Waals surface area contributed by atoms with Crippen molar-refractivity contribution in [1.82, 2.24) is 9.80 Å². The van der Waals surface area contributed by atoms with Crippen LogP contribution in [0.25, 0.3) is 0 Å². The Balaban J connectivity index is 1.89. The molecule has 0 saturated carbocycles. The Hall–Kier alpha value is -0.610. The summed E-state index contributed by atoms with van der Waals surface area (Å²) in [6, 6.07) is 0. The van der Waals surface area contributed by atoms with Crippen molar-refractivity contribution in [2.75, 3.05) is 39.4 Å². The van der Waals surface area contributed by atoms with Crippen LogP contribution >= 0.6 is 0 Å². The van der Waals surface area contributed by atoms with Gasteiger partial charge in [0.15, 0.2) is 0 Å². The molecule has 2 saturated heterocycles. The third-order valence-corrected chi connectivity index (χ3v) is 4.27. The summed E-state index contributed by atoms with van der Waals surface area (Å²) < 4.78 is 5.41. The van der Waals surface area contributed by atoms with Gasteiger partial charge in [0.05, 0.1) is 13.2 Å². The Morgan fingerprint density at radius 3 is 2.29 bits per heavy atom. The maximum absolute atomic E-state index is 11.6. The van der Waals surface area contributed by atoms with E-state index in [1.54, 1.807) is 0 Å². The quantitative estimate of drug-likeness (QED) is 0.725. The molecule has 98 valence electrons. The molecule has 0 atom stereocenters. The van der Waals surface area contributed by atoms with E-state index in [0.717, 1.165) is 52.2 Å². The first-order valence-electron chi connectivity index (χ1n) is 6.76. The molecule has 0 bridgehead atoms. The second-order valence-corrected chi connectivity index (χ2v) is 5.33. The van der Waals surface area contributed by atoms with Gasteiger partial charge in [0.1, 0.15) is 0 Å². The summed E-state index contributed by atoms with van der Waals surface area (Å²) >= 11 is 0. The molecular formula is C13H24N2O2. The molecule has 0 aliphatic carbocycles. The minimum Gasteiger partial charge on any atom is -0.379 e. The molecule has 0 aromatic carbocycles. The van der Waals surface area contributed by atoms with Crippen LogP contribution in [-0.2, 0) is 9.53 Å². The van der Waals surface area contributed by atoms with Gasteiger partial charge in [-0.3, -0.25) is 9.69 Å². The number of hydrogen-bond donors (Lipinski definition) is 0. The van der Waals surface area contributed by atoms with Crippen molar-refractivity contribution >= 4 is 5.91 Å². The van der Waals surface area contributed by atoms with Crippen LogP contribution in [0.15, 0.2) is 0 Å². The number of nitrogens with zero attached hydrogens (tertiary/aromatic N) is 2. The van der Waals surface area contributed by atoms with Crippen LogP contribution in [0.2, 0.25) is 0 Å². The second kappa shape index (κ2) is 5.36. The Bertz CT molecular complexity index is 267. The van der Waals surface area contributed by atoms with Gasteiger partial charge in [-0.1, -0.05) is 6.92 Å². The van der Waals surface area contributed by atoms with Crippen LogP contribution in [0.5, 0.6) is 0 Å². The third-order valence-electron chi connectivity index (χ3n) is 4.27. The highest BCUT2D eigenvalue weighted by Gasteiger charge is 2.36. The molecule has 2 heterocycles. The summed E-state index contributed by atoms with van der Waals surface area (Å²) in [4.78, 5) is 16.2. The van der Waals surface area contributed by atoms with Gasteiger partial charge in [0, 0.05) is 38.1 Å². The zero-order valence-corrected chi connectivity index (χ0v) is 11.1. The molecule has 17 heavy (non-hydrogen) atoms. The van der Waals surface area contributed by atoms with E-state index in [-0.39, 0.29) is 5.54 Å². The van der Waals surface area contributed by atoms with E-state index in [1.807, 2.05) is 11.8 Å². The molecule has 2 fully saturated rings. The average Bonchev–Trinajstić information content (AvgIpc) is 2.40. The fraction of sp³-hybridized carbons (Fsp3) is 0.923. The number of hydrogen-bond acceptors (Lipinski definition) is 3. The zero-order chi connectivity index (χ0) is 12.3. The first kappa shape index (κ1) is 12.8. The number of carbonyl (C=O) groups is 1. The number of rotatable bonds is 2. The highest BCUT2D eigenvalue weighted by atomic mass is 16.5. The summed E-state index contributed by atoms with van der Waals surface area (Å²) in [5.41, 5.74) is 0.272. The Kier molecular flexibility index (Phi) is 4.05. The van der Waals surface area contributed by atoms with Crippen molar-refractivity contribution in [3.05, 3.63) is 0 Å². The molecule has 2 aliphatic heterocycles. The summed E-state index contributed by atoms with van der Waals surface area (Å²) in [6.07, 6.45) is 2.83. The van der Waals surface area contributed by atoms with E-state index in [1.165, 1.54) is 0 Å². The van der Waals surface area contributed by atoms with Gasteiger partial charge in [-0.05, 0) is 19.8 Å². The average molecular weight is 240 g/mol. The van der Waals surface area contributed by atoms with Crippen molar-refractivity contribution in [2.45, 2.75) is 38.6 Å². The van der Waals surface area contributed by atoms with Crippen LogP contribution in [0.3, 0.4) is 0 Å². The van der Waals surface area contributed by atoms with Crippen molar-refractivity contribution in [2.24, 2.45) is 0 Å². The smallest absolute Gasteiger partial charge is 0.222 e. The Morgan fingerprint density at radius 2 is 1.76 bits per heavy atom. The first-order valence-corrected chi connectivity index (χ1v) is 6.76. The molecule has 2 aliphatic rings. The van der Waals surface area contributed by atoms with Crippen LogP contribution in [0.4, 0.5) is 0 Å². The topological polar surface area (TPSA) is 32.8 Å². The minimum absolute atomic E-state index is 0.272. The van der Waals surface area contributed by atoms with E-state index in [9.17, 15) is 4.79 Å². The zero-order valence-electron chi connectivity index (χ0n) is 11.1. The van der Waals surface area contributed by atoms with Crippen molar-refractivity contribution in [3.63, 3.8) is 0 Å². The van der Waals surface area contributed by atoms with Crippen molar-refractivity contribution < 1.29 is 9.53 Å². The molecular weight excluding hydrogens is 216 g/mol. The molecule has 0 aromatic rings. The molecule has 0 aromatic heterocycles. The molecule has 0 N–H and O–H groups in total. The minimum atomic E-state index is 0.272. The van der Waals surface area contributed by atoms with Crippen molar-refractivity contribution in [1.29, 1.82) is 0 Å². The molecule has 4 heteroatoms. The van der Waals surface area contributed by atoms with Gasteiger partial charge in [0.2, 0.25) is 5.91 Å². The lowest BCUT2D eigenvalue weighted by Gasteiger charge is -2.48. The van der Waals surface area contributed by atoms with Crippen molar-refractivity contribution in [3.8, 4) is 0 Å². The van der Waals surface area contributed by atoms with Gasteiger partial charge in [-0.25, -0.2) is 0 Å². The highest BCUT2D eigenvalue weighted by Crippen LogP contribution is 2.29. The third kappa shape index (κ3) is 2.80. The van der Waals surface area contributed by atoms with Gasteiger partial charge >= 0.3 is 0 Å². The van der Waals surface area contributed by atoms with E-state index >= 15 is 0 Å². The number of morpholine rings is 1. The lowest BCUT2D eigenvalue weighted by atomic mass is 9.87. The number of amides is 1. The lowest BCUT2D eigenvalue weighted by molar-refractivity contribution is -0.134. The summed E-state index contributed by atoms with van der Waals surface area (Å²) in [6.45, 7) is 9.90. The molecule has 0 radical (unpaired) electrons. The fourth-order valence-electron chi connectivity index (χ4n) is 2.88. The van der Waals surface area contributed by atoms with E-state index < -0.39 is 0 Å². The van der Waals surface area contributed by atoms with Crippen LogP contribution < -0.4 is 0 Å². The summed E-state index contributed by atoms with van der Waals surface area (Å²) in [5.74, 6) is 0.300. The lowest BCUT2D eigenvalue weighted by Crippen LogP contribution is -2.57. The van der Waals surface area contributed by atoms with Crippen LogP contribution in [0.1, 0.15) is 33.1 Å². The monoisotopic (exact) mass is 240 g/mol. The first-order chi connectivity index (χ1) is 8.15. The molecule has 1 amide bonds. The predicted octanol–water partition coefficient (Wildman–Crippen LogP) is 1.11. The number of ether oxygens (including phenoxy) is 1. The normalized spacial score (nSPS) is 25.9. The fourth-order valence-corrected chi connectivity index (χ4v) is 2.88. The second-order valence-electron chi connectivity index (χ2n) is 5.33. The van der Waals surface area contributed by atoms with E-state index in [2.05, 4.69) is 11.8 Å². The Labute approximate surface area is 104 Å². The van der Waals surface area contributed by atoms with Gasteiger partial charge < -0.3 is 9.64 Å². The number of likely N-dealkylation sites (tertiary alicyclic amines) is 1. The summed E-state index contributed by atoms with van der Waals surface area (Å²) in [7, 11) is 0. The van der Waals surface area contributed by atoms with Gasteiger partial charge in [-0.2, -0.15) is 0 Å². The van der Waals surface area contributed by atoms with Crippen LogP contribution in [-0.4, -0.2) is 60.6 Å². The summed E-state index contributed by atoms with van der Waals surface area (Å²) in [5, 5.41) is 0. The molecule has 0 spiro atoms. The number of piperidine rings is 1. The molecule has 4 nitrogen and oxygen atoms in total. The van der Waals surface area contributed by atoms with E-state index in [4.69, 9.17) is 4.74 Å². The maximum atomic E-state index is 11.6. The van der Waals surface area contributed by atoms with Gasteiger partial charge in [0.25, 0.3) is 0 Å². The molecule has 2 rings (SSSR count). The van der Waals surface area contributed by atoms with Gasteiger partial charge in [-0.15, -0.1) is 0 Å². The SMILES string of the molecule is CCC(=O)N1CCC(C)(N2CCOCC2)CC1. The predicted molar refractivity (Wildman–Crippen MR) is 66.9 cm³/mol. The van der Waals surface area contributed by atoms with Crippen LogP contribution in [0, 0.1) is 0 Å². The number of carbonyl (C=O) groups excluding carboxylic acids is 1. The largest absolute Gasteiger partial charge is 0.379 e.